The highest BCUT2D eigenvalue weighted by molar-refractivity contribution is 6.31. The normalized spacial score (nSPS) is 24.0. The number of imide groups is 1. The number of carbonyl (C=O) groups excluding carboxylic acids is 3. The van der Waals surface area contributed by atoms with Gasteiger partial charge in [0.15, 0.2) is 0 Å². The van der Waals surface area contributed by atoms with Crippen molar-refractivity contribution in [3.05, 3.63) is 52.5 Å². The van der Waals surface area contributed by atoms with E-state index in [-0.39, 0.29) is 35.6 Å². The lowest BCUT2D eigenvalue weighted by Gasteiger charge is -2.22. The molecule has 0 radical (unpaired) electrons. The molecule has 3 atom stereocenters. The lowest BCUT2D eigenvalue weighted by molar-refractivity contribution is -0.122. The molecule has 1 saturated carbocycles. The van der Waals surface area contributed by atoms with Crippen molar-refractivity contribution in [3.8, 4) is 5.75 Å². The number of ether oxygens (including phenoxy) is 1. The molecule has 3 aliphatic rings. The molecular formula is C27H30ClN3O4. The molecule has 3 fully saturated rings. The summed E-state index contributed by atoms with van der Waals surface area (Å²) >= 11 is 6.19. The number of anilines is 2. The fourth-order valence-electron chi connectivity index (χ4n) is 5.67. The zero-order valence-corrected chi connectivity index (χ0v) is 20.8. The van der Waals surface area contributed by atoms with Crippen LogP contribution in [0, 0.1) is 18.8 Å². The number of nitrogens with one attached hydrogen (secondary N) is 1. The second-order valence-corrected chi connectivity index (χ2v) is 10.2. The first-order valence-corrected chi connectivity index (χ1v) is 12.6. The van der Waals surface area contributed by atoms with Crippen molar-refractivity contribution in [1.29, 1.82) is 0 Å². The summed E-state index contributed by atoms with van der Waals surface area (Å²) in [5.41, 5.74) is 2.68. The number of hydrogen-bond donors (Lipinski definition) is 1. The van der Waals surface area contributed by atoms with Gasteiger partial charge in [0.1, 0.15) is 5.75 Å². The second kappa shape index (κ2) is 9.53. The fraction of sp³-hybridized carbons (Fsp3) is 0.444. The van der Waals surface area contributed by atoms with Crippen LogP contribution in [-0.4, -0.2) is 44.0 Å². The van der Waals surface area contributed by atoms with E-state index in [9.17, 15) is 14.4 Å². The monoisotopic (exact) mass is 495 g/mol. The number of halogens is 1. The third kappa shape index (κ3) is 4.38. The van der Waals surface area contributed by atoms with Crippen molar-refractivity contribution in [1.82, 2.24) is 5.32 Å². The van der Waals surface area contributed by atoms with Crippen molar-refractivity contribution in [2.24, 2.45) is 11.8 Å². The van der Waals surface area contributed by atoms with Crippen molar-refractivity contribution >= 4 is 40.7 Å². The van der Waals surface area contributed by atoms with Crippen LogP contribution in [0.3, 0.4) is 0 Å². The van der Waals surface area contributed by atoms with E-state index in [2.05, 4.69) is 10.2 Å². The van der Waals surface area contributed by atoms with Gasteiger partial charge in [0, 0.05) is 29.7 Å². The summed E-state index contributed by atoms with van der Waals surface area (Å²) in [5, 5.41) is 3.74. The highest BCUT2D eigenvalue weighted by Crippen LogP contribution is 2.41. The van der Waals surface area contributed by atoms with Gasteiger partial charge in [-0.3, -0.25) is 14.4 Å². The lowest BCUT2D eigenvalue weighted by Crippen LogP contribution is -2.37. The van der Waals surface area contributed by atoms with E-state index in [4.69, 9.17) is 16.3 Å². The maximum Gasteiger partial charge on any atom is 0.251 e. The Morgan fingerprint density at radius 1 is 1.00 bits per heavy atom. The number of carbonyl (C=O) groups is 3. The van der Waals surface area contributed by atoms with Crippen molar-refractivity contribution < 1.29 is 19.1 Å². The first-order chi connectivity index (χ1) is 16.9. The SMILES string of the molecule is COc1ccc(Cl)cc1N1CC[C@H](NC(=O)c2ccc(C)c(N3C(=O)[C@H]4CCCC[C@@H]4C3=O)c2)C1. The predicted octanol–water partition coefficient (Wildman–Crippen LogP) is 4.35. The van der Waals surface area contributed by atoms with Gasteiger partial charge < -0.3 is 15.0 Å². The minimum absolute atomic E-state index is 0.0474. The average Bonchev–Trinajstić information content (AvgIpc) is 3.42. The Balaban J connectivity index is 1.31. The van der Waals surface area contributed by atoms with Crippen LogP contribution in [0.5, 0.6) is 5.75 Å². The molecule has 7 nitrogen and oxygen atoms in total. The first kappa shape index (κ1) is 23.7. The number of rotatable bonds is 5. The van der Waals surface area contributed by atoms with Gasteiger partial charge in [-0.2, -0.15) is 0 Å². The molecule has 2 heterocycles. The molecule has 2 aliphatic heterocycles. The molecule has 0 unspecified atom stereocenters. The summed E-state index contributed by atoms with van der Waals surface area (Å²) in [7, 11) is 1.63. The number of amides is 3. The van der Waals surface area contributed by atoms with Gasteiger partial charge in [-0.25, -0.2) is 4.90 Å². The molecule has 8 heteroatoms. The van der Waals surface area contributed by atoms with E-state index in [1.807, 2.05) is 25.1 Å². The van der Waals surface area contributed by atoms with E-state index in [0.717, 1.165) is 55.6 Å². The zero-order chi connectivity index (χ0) is 24.7. The largest absolute Gasteiger partial charge is 0.495 e. The fourth-order valence-corrected chi connectivity index (χ4v) is 5.83. The number of methoxy groups -OCH3 is 1. The van der Waals surface area contributed by atoms with E-state index < -0.39 is 0 Å². The van der Waals surface area contributed by atoms with Crippen LogP contribution in [0.25, 0.3) is 0 Å². The quantitative estimate of drug-likeness (QED) is 0.624. The minimum Gasteiger partial charge on any atom is -0.495 e. The Morgan fingerprint density at radius 3 is 2.40 bits per heavy atom. The van der Waals surface area contributed by atoms with Crippen molar-refractivity contribution in [2.75, 3.05) is 30.0 Å². The van der Waals surface area contributed by atoms with Crippen LogP contribution in [-0.2, 0) is 9.59 Å². The van der Waals surface area contributed by atoms with Crippen LogP contribution in [0.1, 0.15) is 48.0 Å². The average molecular weight is 496 g/mol. The molecule has 5 rings (SSSR count). The van der Waals surface area contributed by atoms with Gasteiger partial charge >= 0.3 is 0 Å². The molecular weight excluding hydrogens is 466 g/mol. The molecule has 3 amide bonds. The summed E-state index contributed by atoms with van der Waals surface area (Å²) < 4.78 is 5.48. The smallest absolute Gasteiger partial charge is 0.251 e. The maximum atomic E-state index is 13.1. The Labute approximate surface area is 210 Å². The van der Waals surface area contributed by atoms with Gasteiger partial charge in [0.05, 0.1) is 30.3 Å². The Bertz CT molecular complexity index is 1160. The van der Waals surface area contributed by atoms with E-state index >= 15 is 0 Å². The highest BCUT2D eigenvalue weighted by atomic mass is 35.5. The van der Waals surface area contributed by atoms with Gasteiger partial charge in [-0.05, 0) is 62.1 Å². The van der Waals surface area contributed by atoms with E-state index in [1.165, 1.54) is 4.90 Å². The van der Waals surface area contributed by atoms with Gasteiger partial charge in [0.25, 0.3) is 5.91 Å². The van der Waals surface area contributed by atoms with Crippen molar-refractivity contribution in [2.45, 2.75) is 45.1 Å². The first-order valence-electron chi connectivity index (χ1n) is 12.2. The predicted molar refractivity (Wildman–Crippen MR) is 135 cm³/mol. The lowest BCUT2D eigenvalue weighted by atomic mass is 9.81. The summed E-state index contributed by atoms with van der Waals surface area (Å²) in [6.07, 6.45) is 4.28. The van der Waals surface area contributed by atoms with E-state index in [1.54, 1.807) is 25.3 Å². The molecule has 1 N–H and O–H groups in total. The molecule has 0 aromatic heterocycles. The molecule has 184 valence electrons. The number of nitrogens with zero attached hydrogens (tertiary/aromatic N) is 2. The standard InChI is InChI=1S/C27H30ClN3O4/c1-16-7-8-17(13-22(16)31-26(33)20-5-3-4-6-21(20)27(31)34)25(32)29-19-11-12-30(15-19)23-14-18(28)9-10-24(23)35-2/h7-10,13-14,19-21H,3-6,11-12,15H2,1-2H3,(H,29,32)/t19-,20-,21-/m0/s1. The molecule has 2 aromatic rings. The van der Waals surface area contributed by atoms with Gasteiger partial charge in [0.2, 0.25) is 11.8 Å². The van der Waals surface area contributed by atoms with Crippen LogP contribution < -0.4 is 19.9 Å². The van der Waals surface area contributed by atoms with Gasteiger partial charge in [-0.1, -0.05) is 30.5 Å². The summed E-state index contributed by atoms with van der Waals surface area (Å²) in [5.74, 6) is -0.163. The van der Waals surface area contributed by atoms with Gasteiger partial charge in [-0.15, -0.1) is 0 Å². The van der Waals surface area contributed by atoms with Crippen LogP contribution in [0.2, 0.25) is 5.02 Å². The number of benzene rings is 2. The highest BCUT2D eigenvalue weighted by Gasteiger charge is 2.49. The van der Waals surface area contributed by atoms with Crippen molar-refractivity contribution in [3.63, 3.8) is 0 Å². The third-order valence-corrected chi connectivity index (χ3v) is 7.79. The topological polar surface area (TPSA) is 79.0 Å². The molecule has 35 heavy (non-hydrogen) atoms. The Morgan fingerprint density at radius 2 is 1.71 bits per heavy atom. The number of aryl methyl sites for hydroxylation is 1. The minimum atomic E-state index is -0.221. The maximum absolute atomic E-state index is 13.1. The summed E-state index contributed by atoms with van der Waals surface area (Å²) in [6.45, 7) is 3.26. The summed E-state index contributed by atoms with van der Waals surface area (Å²) in [4.78, 5) is 42.8. The second-order valence-electron chi connectivity index (χ2n) is 9.73. The third-order valence-electron chi connectivity index (χ3n) is 7.56. The van der Waals surface area contributed by atoms with Crippen LogP contribution >= 0.6 is 11.6 Å². The Kier molecular flexibility index (Phi) is 6.45. The zero-order valence-electron chi connectivity index (χ0n) is 20.1. The molecule has 1 aliphatic carbocycles. The molecule has 2 aromatic carbocycles. The number of fused-ring (bicyclic) bond motifs is 1. The van der Waals surface area contributed by atoms with Crippen LogP contribution in [0.4, 0.5) is 11.4 Å². The number of hydrogen-bond acceptors (Lipinski definition) is 5. The molecule has 0 bridgehead atoms. The van der Waals surface area contributed by atoms with Crippen LogP contribution in [0.15, 0.2) is 36.4 Å². The summed E-state index contributed by atoms with van der Waals surface area (Å²) in [6, 6.07) is 10.7. The molecule has 2 saturated heterocycles. The van der Waals surface area contributed by atoms with E-state index in [0.29, 0.717) is 22.8 Å². The Hall–Kier alpha value is -3.06. The molecule has 0 spiro atoms.